The topological polar surface area (TPSA) is 92.3 Å². The van der Waals surface area contributed by atoms with E-state index in [1.54, 1.807) is 0 Å². The lowest BCUT2D eigenvalue weighted by atomic mass is 9.97. The third-order valence-electron chi connectivity index (χ3n) is 5.33. The minimum Gasteiger partial charge on any atom is -0.300 e. The van der Waals surface area contributed by atoms with Gasteiger partial charge in [-0.1, -0.05) is 71.5 Å². The first-order valence-corrected chi connectivity index (χ1v) is 12.6. The zero-order valence-corrected chi connectivity index (χ0v) is 18.8. The summed E-state index contributed by atoms with van der Waals surface area (Å²) in [5.74, 6) is -0.389. The maximum absolute atomic E-state index is 12.8. The third-order valence-corrected chi connectivity index (χ3v) is 8.06. The quantitative estimate of drug-likeness (QED) is 0.611. The van der Waals surface area contributed by atoms with Crippen molar-refractivity contribution in [3.63, 3.8) is 0 Å². The summed E-state index contributed by atoms with van der Waals surface area (Å²) in [7, 11) is -3.41. The van der Waals surface area contributed by atoms with E-state index in [1.807, 2.05) is 61.5 Å². The first kappa shape index (κ1) is 21.6. The fourth-order valence-electron chi connectivity index (χ4n) is 3.68. The van der Waals surface area contributed by atoms with Crippen LogP contribution in [0.2, 0.25) is 0 Å². The van der Waals surface area contributed by atoms with E-state index in [9.17, 15) is 13.2 Å². The lowest BCUT2D eigenvalue weighted by Gasteiger charge is -2.30. The van der Waals surface area contributed by atoms with Gasteiger partial charge < -0.3 is 5.32 Å². The number of aromatic nitrogens is 2. The number of anilines is 1. The largest absolute Gasteiger partial charge is 0.300 e. The van der Waals surface area contributed by atoms with Crippen molar-refractivity contribution in [3.05, 3.63) is 65.7 Å². The average Bonchev–Trinajstić information content (AvgIpc) is 3.23. The normalized spacial score (nSPS) is 15.6. The van der Waals surface area contributed by atoms with Gasteiger partial charge >= 0.3 is 0 Å². The fourth-order valence-corrected chi connectivity index (χ4v) is 5.98. The monoisotopic (exact) mass is 456 g/mol. The van der Waals surface area contributed by atoms with Crippen LogP contribution >= 0.6 is 11.3 Å². The van der Waals surface area contributed by atoms with Crippen LogP contribution in [0, 0.1) is 12.8 Å². The summed E-state index contributed by atoms with van der Waals surface area (Å²) >= 11 is 1.33. The number of aryl methyl sites for hydroxylation is 1. The van der Waals surface area contributed by atoms with Crippen LogP contribution in [0.25, 0.3) is 10.6 Å². The zero-order valence-electron chi connectivity index (χ0n) is 17.2. The van der Waals surface area contributed by atoms with Gasteiger partial charge in [-0.15, -0.1) is 10.2 Å². The maximum Gasteiger partial charge on any atom is 0.229 e. The average molecular weight is 457 g/mol. The van der Waals surface area contributed by atoms with Gasteiger partial charge in [0, 0.05) is 24.6 Å². The Balaban J connectivity index is 1.32. The molecule has 9 heteroatoms. The molecule has 1 saturated heterocycles. The predicted octanol–water partition coefficient (Wildman–Crippen LogP) is 3.69. The number of sulfonamides is 1. The molecule has 2 heterocycles. The SMILES string of the molecule is Cc1cccc(CS(=O)(=O)N2CCC(C(=O)Nc3nnc(-c4ccccc4)s3)CC2)c1. The lowest BCUT2D eigenvalue weighted by molar-refractivity contribution is -0.120. The summed E-state index contributed by atoms with van der Waals surface area (Å²) in [5.41, 5.74) is 2.77. The summed E-state index contributed by atoms with van der Waals surface area (Å²) in [5, 5.41) is 12.2. The molecule has 162 valence electrons. The van der Waals surface area contributed by atoms with Crippen molar-refractivity contribution in [1.29, 1.82) is 0 Å². The Labute approximate surface area is 186 Å². The number of carbonyl (C=O) groups is 1. The molecule has 1 fully saturated rings. The van der Waals surface area contributed by atoms with Crippen LogP contribution in [-0.2, 0) is 20.6 Å². The minimum atomic E-state index is -3.41. The second kappa shape index (κ2) is 9.25. The number of hydrogen-bond donors (Lipinski definition) is 1. The second-order valence-corrected chi connectivity index (χ2v) is 10.6. The molecule has 0 saturated carbocycles. The molecule has 2 aromatic carbocycles. The van der Waals surface area contributed by atoms with Crippen LogP contribution in [0.1, 0.15) is 24.0 Å². The van der Waals surface area contributed by atoms with Crippen LogP contribution in [0.5, 0.6) is 0 Å². The number of nitrogens with zero attached hydrogens (tertiary/aromatic N) is 3. The Kier molecular flexibility index (Phi) is 6.45. The molecule has 0 spiro atoms. The Morgan fingerprint density at radius 2 is 1.84 bits per heavy atom. The van der Waals surface area contributed by atoms with E-state index >= 15 is 0 Å². The third kappa shape index (κ3) is 5.36. The van der Waals surface area contributed by atoms with Crippen LogP contribution in [0.4, 0.5) is 5.13 Å². The van der Waals surface area contributed by atoms with Gasteiger partial charge in [-0.3, -0.25) is 4.79 Å². The minimum absolute atomic E-state index is 0.0153. The highest BCUT2D eigenvalue weighted by Crippen LogP contribution is 2.28. The van der Waals surface area contributed by atoms with E-state index < -0.39 is 10.0 Å². The second-order valence-electron chi connectivity index (χ2n) is 7.69. The van der Waals surface area contributed by atoms with Crippen LogP contribution in [0.3, 0.4) is 0 Å². The van der Waals surface area contributed by atoms with Gasteiger partial charge in [-0.2, -0.15) is 0 Å². The Bertz CT molecular complexity index is 1150. The van der Waals surface area contributed by atoms with Gasteiger partial charge in [-0.25, -0.2) is 12.7 Å². The molecule has 0 aliphatic carbocycles. The molecule has 0 atom stereocenters. The number of rotatable bonds is 6. The fraction of sp³-hybridized carbons (Fsp3) is 0.318. The molecule has 1 N–H and O–H groups in total. The predicted molar refractivity (Wildman–Crippen MR) is 122 cm³/mol. The van der Waals surface area contributed by atoms with Gasteiger partial charge in [0.15, 0.2) is 0 Å². The summed E-state index contributed by atoms with van der Waals surface area (Å²) < 4.78 is 27.1. The Morgan fingerprint density at radius 3 is 2.55 bits per heavy atom. The molecule has 31 heavy (non-hydrogen) atoms. The van der Waals surface area contributed by atoms with Crippen molar-refractivity contribution in [3.8, 4) is 10.6 Å². The van der Waals surface area contributed by atoms with Crippen molar-refractivity contribution in [2.45, 2.75) is 25.5 Å². The van der Waals surface area contributed by atoms with E-state index in [2.05, 4.69) is 15.5 Å². The van der Waals surface area contributed by atoms with E-state index in [0.29, 0.717) is 31.1 Å². The summed E-state index contributed by atoms with van der Waals surface area (Å²) in [6.07, 6.45) is 0.979. The number of amides is 1. The van der Waals surface area contributed by atoms with E-state index in [0.717, 1.165) is 21.7 Å². The first-order chi connectivity index (χ1) is 14.9. The van der Waals surface area contributed by atoms with E-state index in [1.165, 1.54) is 15.6 Å². The molecule has 0 bridgehead atoms. The molecule has 1 amide bonds. The van der Waals surface area contributed by atoms with E-state index in [-0.39, 0.29) is 17.6 Å². The van der Waals surface area contributed by atoms with E-state index in [4.69, 9.17) is 0 Å². The number of benzene rings is 2. The highest BCUT2D eigenvalue weighted by atomic mass is 32.2. The van der Waals surface area contributed by atoms with Crippen molar-refractivity contribution in [2.75, 3.05) is 18.4 Å². The molecule has 3 aromatic rings. The Morgan fingerprint density at radius 1 is 1.10 bits per heavy atom. The smallest absolute Gasteiger partial charge is 0.229 e. The first-order valence-electron chi connectivity index (χ1n) is 10.1. The van der Waals surface area contributed by atoms with Crippen LogP contribution < -0.4 is 5.32 Å². The van der Waals surface area contributed by atoms with Crippen molar-refractivity contribution in [2.24, 2.45) is 5.92 Å². The van der Waals surface area contributed by atoms with Crippen LogP contribution in [0.15, 0.2) is 54.6 Å². The van der Waals surface area contributed by atoms with Crippen LogP contribution in [-0.4, -0.2) is 41.9 Å². The molecule has 0 unspecified atom stereocenters. The van der Waals surface area contributed by atoms with Gasteiger partial charge in [0.05, 0.1) is 5.75 Å². The van der Waals surface area contributed by atoms with Gasteiger partial charge in [-0.05, 0) is 25.3 Å². The number of piperidine rings is 1. The Hall–Kier alpha value is -2.62. The standard InChI is InChI=1S/C22H24N4O3S2/c1-16-6-5-7-17(14-16)15-31(28,29)26-12-10-18(11-13-26)20(27)23-22-25-24-21(30-22)19-8-3-2-4-9-19/h2-9,14,18H,10-13,15H2,1H3,(H,23,25,27). The number of hydrogen-bond acceptors (Lipinski definition) is 6. The van der Waals surface area contributed by atoms with Crippen molar-refractivity contribution >= 4 is 32.4 Å². The molecule has 4 rings (SSSR count). The lowest BCUT2D eigenvalue weighted by Crippen LogP contribution is -2.41. The van der Waals surface area contributed by atoms with Gasteiger partial charge in [0.1, 0.15) is 5.01 Å². The van der Waals surface area contributed by atoms with Crippen molar-refractivity contribution < 1.29 is 13.2 Å². The summed E-state index contributed by atoms with van der Waals surface area (Å²) in [4.78, 5) is 12.7. The molecule has 7 nitrogen and oxygen atoms in total. The van der Waals surface area contributed by atoms with Crippen molar-refractivity contribution in [1.82, 2.24) is 14.5 Å². The number of carbonyl (C=O) groups excluding carboxylic acids is 1. The van der Waals surface area contributed by atoms with Gasteiger partial charge in [0.25, 0.3) is 0 Å². The molecular weight excluding hydrogens is 432 g/mol. The zero-order chi connectivity index (χ0) is 21.8. The summed E-state index contributed by atoms with van der Waals surface area (Å²) in [6.45, 7) is 2.64. The number of nitrogens with one attached hydrogen (secondary N) is 1. The highest BCUT2D eigenvalue weighted by molar-refractivity contribution is 7.88. The summed E-state index contributed by atoms with van der Waals surface area (Å²) in [6, 6.07) is 17.2. The molecule has 1 aliphatic heterocycles. The maximum atomic E-state index is 12.8. The molecule has 1 aromatic heterocycles. The molecular formula is C22H24N4O3S2. The molecule has 1 aliphatic rings. The molecule has 0 radical (unpaired) electrons. The highest BCUT2D eigenvalue weighted by Gasteiger charge is 2.31. The van der Waals surface area contributed by atoms with Gasteiger partial charge in [0.2, 0.25) is 21.1 Å².